The van der Waals surface area contributed by atoms with Crippen molar-refractivity contribution in [3.63, 3.8) is 0 Å². The van der Waals surface area contributed by atoms with Crippen LogP contribution in [-0.4, -0.2) is 47.4 Å². The first-order chi connectivity index (χ1) is 39.0. The highest BCUT2D eigenvalue weighted by Gasteiger charge is 2.18. The van der Waals surface area contributed by atoms with E-state index in [1.165, 1.54) is 321 Å². The Hall–Kier alpha value is -1.92. The predicted molar refractivity (Wildman–Crippen MR) is 347 cm³/mol. The van der Waals surface area contributed by atoms with E-state index < -0.39 is 12.1 Å². The average Bonchev–Trinajstić information content (AvgIpc) is 3.45. The fourth-order valence-electron chi connectivity index (χ4n) is 11.2. The summed E-state index contributed by atoms with van der Waals surface area (Å²) in [6, 6.07) is -0.625. The molecule has 466 valence electrons. The first-order valence-electron chi connectivity index (χ1n) is 35.8. The van der Waals surface area contributed by atoms with Gasteiger partial charge in [0, 0.05) is 12.8 Å². The number of aliphatic hydroxyl groups is 2. The van der Waals surface area contributed by atoms with Crippen molar-refractivity contribution in [2.75, 3.05) is 13.2 Å². The summed E-state index contributed by atoms with van der Waals surface area (Å²) in [5.74, 6) is -0.0523. The molecule has 0 aliphatic carbocycles. The molecule has 0 spiro atoms. The fourth-order valence-corrected chi connectivity index (χ4v) is 11.2. The van der Waals surface area contributed by atoms with Crippen molar-refractivity contribution in [1.29, 1.82) is 0 Å². The molecule has 0 aromatic rings. The van der Waals surface area contributed by atoms with Crippen LogP contribution < -0.4 is 5.32 Å². The van der Waals surface area contributed by atoms with Gasteiger partial charge in [0.25, 0.3) is 0 Å². The van der Waals surface area contributed by atoms with Crippen LogP contribution in [0.15, 0.2) is 36.5 Å². The number of esters is 1. The summed E-state index contributed by atoms with van der Waals surface area (Å²) in [6.07, 6.45) is 88.1. The molecule has 0 saturated heterocycles. The molecule has 0 radical (unpaired) electrons. The van der Waals surface area contributed by atoms with Gasteiger partial charge in [-0.3, -0.25) is 9.59 Å². The van der Waals surface area contributed by atoms with Crippen molar-refractivity contribution in [3.8, 4) is 0 Å². The summed E-state index contributed by atoms with van der Waals surface area (Å²) in [7, 11) is 0. The number of carbonyl (C=O) groups is 2. The normalized spacial score (nSPS) is 12.7. The maximum Gasteiger partial charge on any atom is 0.305 e. The van der Waals surface area contributed by atoms with E-state index in [4.69, 9.17) is 4.74 Å². The van der Waals surface area contributed by atoms with Gasteiger partial charge in [0.1, 0.15) is 0 Å². The lowest BCUT2D eigenvalue weighted by molar-refractivity contribution is -0.143. The van der Waals surface area contributed by atoms with Gasteiger partial charge >= 0.3 is 5.97 Å². The standard InChI is InChI=1S/C73H139NO5/c1-3-5-7-9-11-13-15-17-38-43-47-51-55-59-63-67-73(78)79-68-64-60-56-52-48-44-40-37-35-33-31-29-27-25-23-21-19-20-22-24-26-28-30-32-34-36-39-42-46-50-54-58-62-66-72(77)74-70(69-75)71(76)65-61-57-53-49-45-41-18-16-14-12-10-8-6-4-2/h17,23,25,38,61,65,70-71,75-76H,3-16,18-22,24,26-37,39-60,62-64,66-69H2,1-2H3,(H,74,77)/b25-23-,38-17-,65-61+. The SMILES string of the molecule is CCCCCCCC/C=C\CCCCCCCC(=O)OCCCCCCCCCCCCCC/C=C\CCCCCCCCCCCCCCCCCCCC(=O)NC(CO)C(O)/C=C/CCCCCCCCCCCCCC. The highest BCUT2D eigenvalue weighted by molar-refractivity contribution is 5.76. The number of hydrogen-bond acceptors (Lipinski definition) is 5. The number of ether oxygens (including phenoxy) is 1. The van der Waals surface area contributed by atoms with Gasteiger partial charge in [0.05, 0.1) is 25.4 Å². The van der Waals surface area contributed by atoms with Crippen LogP contribution in [0.25, 0.3) is 0 Å². The highest BCUT2D eigenvalue weighted by atomic mass is 16.5. The Morgan fingerprint density at radius 1 is 0.342 bits per heavy atom. The van der Waals surface area contributed by atoms with Crippen LogP contribution in [-0.2, 0) is 14.3 Å². The van der Waals surface area contributed by atoms with Crippen LogP contribution in [0.2, 0.25) is 0 Å². The number of rotatable bonds is 67. The van der Waals surface area contributed by atoms with Gasteiger partial charge in [-0.25, -0.2) is 0 Å². The minimum atomic E-state index is -0.842. The number of allylic oxidation sites excluding steroid dienone is 5. The van der Waals surface area contributed by atoms with Crippen molar-refractivity contribution < 1.29 is 24.5 Å². The lowest BCUT2D eigenvalue weighted by Crippen LogP contribution is -2.45. The molecule has 6 nitrogen and oxygen atoms in total. The lowest BCUT2D eigenvalue weighted by Gasteiger charge is -2.20. The van der Waals surface area contributed by atoms with Crippen LogP contribution in [0, 0.1) is 0 Å². The quantitative estimate of drug-likeness (QED) is 0.0320. The maximum atomic E-state index is 12.5. The van der Waals surface area contributed by atoms with Crippen LogP contribution in [0.5, 0.6) is 0 Å². The van der Waals surface area contributed by atoms with Gasteiger partial charge in [-0.1, -0.05) is 333 Å². The number of nitrogens with one attached hydrogen (secondary N) is 1. The summed E-state index contributed by atoms with van der Waals surface area (Å²) in [6.45, 7) is 4.92. The van der Waals surface area contributed by atoms with E-state index in [0.29, 0.717) is 19.4 Å². The topological polar surface area (TPSA) is 95.9 Å². The molecule has 0 fully saturated rings. The summed E-state index contributed by atoms with van der Waals surface area (Å²) >= 11 is 0. The van der Waals surface area contributed by atoms with Gasteiger partial charge in [-0.2, -0.15) is 0 Å². The Morgan fingerprint density at radius 3 is 0.899 bits per heavy atom. The van der Waals surface area contributed by atoms with Crippen molar-refractivity contribution in [2.24, 2.45) is 0 Å². The Balaban J connectivity index is 3.35. The second-order valence-corrected chi connectivity index (χ2v) is 24.6. The van der Waals surface area contributed by atoms with Gasteiger partial charge in [0.15, 0.2) is 0 Å². The molecule has 3 N–H and O–H groups in total. The lowest BCUT2D eigenvalue weighted by atomic mass is 10.0. The fraction of sp³-hybridized carbons (Fsp3) is 0.890. The van der Waals surface area contributed by atoms with Crippen molar-refractivity contribution >= 4 is 11.9 Å². The molecular formula is C73H139NO5. The molecule has 6 heteroatoms. The third kappa shape index (κ3) is 65.1. The molecule has 0 aromatic heterocycles. The predicted octanol–water partition coefficient (Wildman–Crippen LogP) is 23.1. The minimum Gasteiger partial charge on any atom is -0.466 e. The van der Waals surface area contributed by atoms with E-state index in [9.17, 15) is 19.8 Å². The second-order valence-electron chi connectivity index (χ2n) is 24.6. The molecule has 2 unspecified atom stereocenters. The number of amides is 1. The van der Waals surface area contributed by atoms with E-state index in [1.807, 2.05) is 6.08 Å². The van der Waals surface area contributed by atoms with E-state index in [-0.39, 0.29) is 18.5 Å². The van der Waals surface area contributed by atoms with Gasteiger partial charge in [0.2, 0.25) is 5.91 Å². The first kappa shape index (κ1) is 77.1. The van der Waals surface area contributed by atoms with Crippen LogP contribution in [0.3, 0.4) is 0 Å². The minimum absolute atomic E-state index is 0.0108. The van der Waals surface area contributed by atoms with Crippen molar-refractivity contribution in [3.05, 3.63) is 36.5 Å². The highest BCUT2D eigenvalue weighted by Crippen LogP contribution is 2.18. The molecular weight excluding hydrogens is 971 g/mol. The largest absolute Gasteiger partial charge is 0.466 e. The van der Waals surface area contributed by atoms with E-state index >= 15 is 0 Å². The van der Waals surface area contributed by atoms with Crippen molar-refractivity contribution in [1.82, 2.24) is 5.32 Å². The van der Waals surface area contributed by atoms with Gasteiger partial charge < -0.3 is 20.3 Å². The number of unbranched alkanes of at least 4 members (excludes halogenated alkanes) is 52. The van der Waals surface area contributed by atoms with Crippen LogP contribution in [0.1, 0.15) is 393 Å². The number of aliphatic hydroxyl groups excluding tert-OH is 2. The molecule has 0 rings (SSSR count). The zero-order valence-electron chi connectivity index (χ0n) is 53.4. The second kappa shape index (κ2) is 68.6. The molecule has 0 aliphatic rings. The summed E-state index contributed by atoms with van der Waals surface area (Å²) < 4.78 is 5.49. The zero-order valence-corrected chi connectivity index (χ0v) is 53.4. The van der Waals surface area contributed by atoms with Crippen molar-refractivity contribution in [2.45, 2.75) is 405 Å². The average molecular weight is 1110 g/mol. The Morgan fingerprint density at radius 2 is 0.595 bits per heavy atom. The van der Waals surface area contributed by atoms with Gasteiger partial charge in [-0.15, -0.1) is 0 Å². The molecule has 79 heavy (non-hydrogen) atoms. The monoisotopic (exact) mass is 1110 g/mol. The Bertz CT molecular complexity index is 1280. The third-order valence-corrected chi connectivity index (χ3v) is 16.6. The van der Waals surface area contributed by atoms with Gasteiger partial charge in [-0.05, 0) is 83.5 Å². The number of carbonyl (C=O) groups excluding carboxylic acids is 2. The Labute approximate surface area is 494 Å². The molecule has 2 atom stereocenters. The molecule has 1 amide bonds. The van der Waals surface area contributed by atoms with E-state index in [2.05, 4.69) is 43.5 Å². The molecule has 0 aliphatic heterocycles. The molecule has 0 bridgehead atoms. The third-order valence-electron chi connectivity index (χ3n) is 16.6. The Kier molecular flexibility index (Phi) is 66.9. The van der Waals surface area contributed by atoms with E-state index in [1.54, 1.807) is 6.08 Å². The summed E-state index contributed by atoms with van der Waals surface area (Å²) in [5.41, 5.74) is 0. The maximum absolute atomic E-state index is 12.5. The van der Waals surface area contributed by atoms with E-state index in [0.717, 1.165) is 44.9 Å². The number of hydrogen-bond donors (Lipinski definition) is 3. The summed E-state index contributed by atoms with van der Waals surface area (Å²) in [4.78, 5) is 24.5. The first-order valence-corrected chi connectivity index (χ1v) is 35.8. The molecule has 0 heterocycles. The summed E-state index contributed by atoms with van der Waals surface area (Å²) in [5, 5.41) is 23.1. The molecule has 0 saturated carbocycles. The van der Waals surface area contributed by atoms with Crippen LogP contribution >= 0.6 is 0 Å². The zero-order chi connectivity index (χ0) is 57.1. The molecule has 0 aromatic carbocycles. The van der Waals surface area contributed by atoms with Crippen LogP contribution in [0.4, 0.5) is 0 Å². The smallest absolute Gasteiger partial charge is 0.305 e.